The van der Waals surface area contributed by atoms with Gasteiger partial charge >= 0.3 is 12.0 Å². The van der Waals surface area contributed by atoms with E-state index in [0.717, 1.165) is 0 Å². The lowest BCUT2D eigenvalue weighted by Gasteiger charge is -2.09. The highest BCUT2D eigenvalue weighted by Gasteiger charge is 2.09. The Bertz CT molecular complexity index is 684. The SMILES string of the molecule is Cn1ccnc1CNC(=O)Nc1cc(Br)cc(C(=O)O)c1. The topological polar surface area (TPSA) is 96.3 Å². The van der Waals surface area contributed by atoms with E-state index in [-0.39, 0.29) is 12.1 Å². The maximum atomic E-state index is 11.8. The number of rotatable bonds is 4. The van der Waals surface area contributed by atoms with E-state index in [1.807, 2.05) is 7.05 Å². The van der Waals surface area contributed by atoms with Crippen LogP contribution in [0.3, 0.4) is 0 Å². The first kappa shape index (κ1) is 15.0. The second kappa shape index (κ2) is 6.40. The van der Waals surface area contributed by atoms with Crippen molar-refractivity contribution in [3.8, 4) is 0 Å². The zero-order chi connectivity index (χ0) is 15.4. The van der Waals surface area contributed by atoms with E-state index in [4.69, 9.17) is 5.11 Å². The average molecular weight is 353 g/mol. The molecule has 0 aliphatic heterocycles. The van der Waals surface area contributed by atoms with Gasteiger partial charge in [0, 0.05) is 29.6 Å². The van der Waals surface area contributed by atoms with Gasteiger partial charge in [-0.1, -0.05) is 15.9 Å². The molecule has 1 aromatic heterocycles. The number of halogens is 1. The number of carboxylic acid groups (broad SMARTS) is 1. The number of carbonyl (C=O) groups excluding carboxylic acids is 1. The summed E-state index contributed by atoms with van der Waals surface area (Å²) < 4.78 is 2.36. The summed E-state index contributed by atoms with van der Waals surface area (Å²) in [6, 6.07) is 4.02. The number of hydrogen-bond acceptors (Lipinski definition) is 3. The molecule has 2 amide bonds. The van der Waals surface area contributed by atoms with E-state index in [9.17, 15) is 9.59 Å². The fraction of sp³-hybridized carbons (Fsp3) is 0.154. The number of aryl methyl sites for hydroxylation is 1. The third kappa shape index (κ3) is 4.06. The minimum absolute atomic E-state index is 0.0868. The van der Waals surface area contributed by atoms with Gasteiger partial charge in [0.15, 0.2) is 0 Å². The number of benzene rings is 1. The summed E-state index contributed by atoms with van der Waals surface area (Å²) in [6.07, 6.45) is 3.42. The summed E-state index contributed by atoms with van der Waals surface area (Å²) in [4.78, 5) is 26.8. The fourth-order valence-corrected chi connectivity index (χ4v) is 2.18. The second-order valence-corrected chi connectivity index (χ2v) is 5.21. The van der Waals surface area contributed by atoms with Gasteiger partial charge in [-0.15, -0.1) is 0 Å². The molecule has 0 radical (unpaired) electrons. The van der Waals surface area contributed by atoms with E-state index in [2.05, 4.69) is 31.5 Å². The van der Waals surface area contributed by atoms with Crippen LogP contribution in [0.4, 0.5) is 10.5 Å². The zero-order valence-electron chi connectivity index (χ0n) is 11.1. The number of aromatic carboxylic acids is 1. The highest BCUT2D eigenvalue weighted by atomic mass is 79.9. The first-order chi connectivity index (χ1) is 9.95. The first-order valence-electron chi connectivity index (χ1n) is 6.00. The number of urea groups is 1. The van der Waals surface area contributed by atoms with Gasteiger partial charge in [-0.05, 0) is 18.2 Å². The van der Waals surface area contributed by atoms with Crippen molar-refractivity contribution in [2.75, 3.05) is 5.32 Å². The molecule has 0 fully saturated rings. The summed E-state index contributed by atoms with van der Waals surface area (Å²) in [6.45, 7) is 0.273. The molecule has 2 rings (SSSR count). The van der Waals surface area contributed by atoms with E-state index in [0.29, 0.717) is 16.0 Å². The van der Waals surface area contributed by atoms with Crippen LogP contribution < -0.4 is 10.6 Å². The van der Waals surface area contributed by atoms with Crippen LogP contribution in [0.5, 0.6) is 0 Å². The van der Waals surface area contributed by atoms with Gasteiger partial charge in [0.1, 0.15) is 5.82 Å². The van der Waals surface area contributed by atoms with Crippen molar-refractivity contribution in [3.05, 3.63) is 46.5 Å². The molecule has 1 aromatic carbocycles. The Balaban J connectivity index is 1.99. The number of hydrogen-bond donors (Lipinski definition) is 3. The number of carboxylic acids is 1. The molecule has 0 saturated carbocycles. The van der Waals surface area contributed by atoms with Crippen molar-refractivity contribution < 1.29 is 14.7 Å². The van der Waals surface area contributed by atoms with E-state index < -0.39 is 12.0 Å². The molecule has 0 aliphatic rings. The molecular formula is C13H13BrN4O3. The number of imidazole rings is 1. The molecular weight excluding hydrogens is 340 g/mol. The zero-order valence-corrected chi connectivity index (χ0v) is 12.7. The maximum absolute atomic E-state index is 11.8. The smallest absolute Gasteiger partial charge is 0.335 e. The van der Waals surface area contributed by atoms with Gasteiger partial charge < -0.3 is 20.3 Å². The molecule has 0 atom stereocenters. The van der Waals surface area contributed by atoms with Gasteiger partial charge in [-0.25, -0.2) is 14.6 Å². The van der Waals surface area contributed by atoms with Gasteiger partial charge in [-0.2, -0.15) is 0 Å². The van der Waals surface area contributed by atoms with Gasteiger partial charge in [-0.3, -0.25) is 0 Å². The lowest BCUT2D eigenvalue weighted by molar-refractivity contribution is 0.0697. The number of nitrogens with one attached hydrogen (secondary N) is 2. The van der Waals surface area contributed by atoms with Crippen molar-refractivity contribution >= 4 is 33.6 Å². The largest absolute Gasteiger partial charge is 0.478 e. The minimum atomic E-state index is -1.06. The lowest BCUT2D eigenvalue weighted by atomic mass is 10.2. The minimum Gasteiger partial charge on any atom is -0.478 e. The summed E-state index contributed by atoms with van der Waals surface area (Å²) in [5.41, 5.74) is 0.475. The number of nitrogens with zero attached hydrogens (tertiary/aromatic N) is 2. The second-order valence-electron chi connectivity index (χ2n) is 4.30. The molecule has 0 spiro atoms. The lowest BCUT2D eigenvalue weighted by Crippen LogP contribution is -2.29. The van der Waals surface area contributed by atoms with Crippen molar-refractivity contribution in [2.24, 2.45) is 7.05 Å². The van der Waals surface area contributed by atoms with Crippen LogP contribution in [0.15, 0.2) is 35.1 Å². The monoisotopic (exact) mass is 352 g/mol. The van der Waals surface area contributed by atoms with Crippen LogP contribution in [0, 0.1) is 0 Å². The summed E-state index contributed by atoms with van der Waals surface area (Å²) in [7, 11) is 1.83. The van der Waals surface area contributed by atoms with Gasteiger partial charge in [0.25, 0.3) is 0 Å². The Morgan fingerprint density at radius 3 is 2.76 bits per heavy atom. The molecule has 21 heavy (non-hydrogen) atoms. The molecule has 7 nitrogen and oxygen atoms in total. The normalized spacial score (nSPS) is 10.2. The predicted octanol–water partition coefficient (Wildman–Crippen LogP) is 2.20. The predicted molar refractivity (Wildman–Crippen MR) is 80.2 cm³/mol. The standard InChI is InChI=1S/C13H13BrN4O3/c1-18-3-2-15-11(18)7-16-13(21)17-10-5-8(12(19)20)4-9(14)6-10/h2-6H,7H2,1H3,(H,19,20)(H2,16,17,21). The maximum Gasteiger partial charge on any atom is 0.335 e. The van der Waals surface area contributed by atoms with Crippen LogP contribution in [-0.2, 0) is 13.6 Å². The van der Waals surface area contributed by atoms with Crippen molar-refractivity contribution in [1.29, 1.82) is 0 Å². The Kier molecular flexibility index (Phi) is 4.59. The third-order valence-corrected chi connectivity index (χ3v) is 3.19. The molecule has 8 heteroatoms. The van der Waals surface area contributed by atoms with Crippen molar-refractivity contribution in [1.82, 2.24) is 14.9 Å². The molecule has 110 valence electrons. The highest BCUT2D eigenvalue weighted by Crippen LogP contribution is 2.19. The van der Waals surface area contributed by atoms with Crippen LogP contribution >= 0.6 is 15.9 Å². The molecule has 0 unspecified atom stereocenters. The van der Waals surface area contributed by atoms with Crippen LogP contribution in [0.1, 0.15) is 16.2 Å². The van der Waals surface area contributed by atoms with Crippen LogP contribution in [0.25, 0.3) is 0 Å². The summed E-state index contributed by atoms with van der Waals surface area (Å²) in [5, 5.41) is 14.2. The van der Waals surface area contributed by atoms with E-state index in [1.54, 1.807) is 23.0 Å². The number of amides is 2. The van der Waals surface area contributed by atoms with Crippen molar-refractivity contribution in [2.45, 2.75) is 6.54 Å². The molecule has 3 N–H and O–H groups in total. The summed E-state index contributed by atoms with van der Waals surface area (Å²) >= 11 is 3.20. The quantitative estimate of drug-likeness (QED) is 0.785. The number of carbonyl (C=O) groups is 2. The molecule has 2 aromatic rings. The number of anilines is 1. The fourth-order valence-electron chi connectivity index (χ4n) is 1.69. The van der Waals surface area contributed by atoms with Gasteiger partial charge in [0.2, 0.25) is 0 Å². The Hall–Kier alpha value is -2.35. The Labute approximate surface area is 129 Å². The Morgan fingerprint density at radius 1 is 1.38 bits per heavy atom. The number of aromatic nitrogens is 2. The average Bonchev–Trinajstić information content (AvgIpc) is 2.81. The summed E-state index contributed by atoms with van der Waals surface area (Å²) in [5.74, 6) is -0.349. The molecule has 0 saturated heterocycles. The highest BCUT2D eigenvalue weighted by molar-refractivity contribution is 9.10. The van der Waals surface area contributed by atoms with Crippen molar-refractivity contribution in [3.63, 3.8) is 0 Å². The van der Waals surface area contributed by atoms with E-state index in [1.165, 1.54) is 12.1 Å². The Morgan fingerprint density at radius 2 is 2.14 bits per heavy atom. The molecule has 0 aliphatic carbocycles. The van der Waals surface area contributed by atoms with Crippen LogP contribution in [0.2, 0.25) is 0 Å². The third-order valence-electron chi connectivity index (χ3n) is 2.73. The molecule has 0 bridgehead atoms. The van der Waals surface area contributed by atoms with Gasteiger partial charge in [0.05, 0.1) is 12.1 Å². The first-order valence-corrected chi connectivity index (χ1v) is 6.80. The van der Waals surface area contributed by atoms with Crippen LogP contribution in [-0.4, -0.2) is 26.7 Å². The van der Waals surface area contributed by atoms with E-state index >= 15 is 0 Å². The molecule has 1 heterocycles.